The summed E-state index contributed by atoms with van der Waals surface area (Å²) in [6, 6.07) is 8.88. The molecule has 2 aromatic carbocycles. The van der Waals surface area contributed by atoms with E-state index in [0.717, 1.165) is 88.6 Å². The van der Waals surface area contributed by atoms with Crippen LogP contribution in [-0.4, -0.2) is 95.2 Å². The lowest BCUT2D eigenvalue weighted by atomic mass is 9.96. The maximum Gasteiger partial charge on any atom is 0.231 e. The number of hydrogen-bond donors (Lipinski definition) is 5. The fourth-order valence-electron chi connectivity index (χ4n) is 7.89. The number of fused-ring (bicyclic) bond motifs is 3. The minimum absolute atomic E-state index is 0.440. The van der Waals surface area contributed by atoms with E-state index in [2.05, 4.69) is 66.2 Å². The molecule has 50 heavy (non-hydrogen) atoms. The van der Waals surface area contributed by atoms with Gasteiger partial charge in [0.1, 0.15) is 17.2 Å². The molecule has 0 spiro atoms. The first kappa shape index (κ1) is 32.4. The first-order chi connectivity index (χ1) is 24.5. The Morgan fingerprint density at radius 3 is 2.62 bits per heavy atom. The molecule has 258 valence electrons. The second kappa shape index (κ2) is 13.8. The maximum absolute atomic E-state index is 8.39. The highest BCUT2D eigenvalue weighted by atomic mass is 31.1. The van der Waals surface area contributed by atoms with E-state index in [0.29, 0.717) is 24.0 Å². The number of aromatic nitrogens is 5. The third-order valence-electron chi connectivity index (χ3n) is 10.2. The second-order valence-electron chi connectivity index (χ2n) is 13.4. The van der Waals surface area contributed by atoms with Gasteiger partial charge < -0.3 is 36.0 Å². The fourth-order valence-corrected chi connectivity index (χ4v) is 9.09. The molecule has 2 aliphatic heterocycles. The molecule has 3 aromatic heterocycles. The Morgan fingerprint density at radius 1 is 1.02 bits per heavy atom. The van der Waals surface area contributed by atoms with Crippen LogP contribution in [0.4, 0.5) is 28.8 Å². The van der Waals surface area contributed by atoms with E-state index >= 15 is 0 Å². The molecule has 5 aromatic rings. The summed E-state index contributed by atoms with van der Waals surface area (Å²) in [4.78, 5) is 27.6. The van der Waals surface area contributed by atoms with Gasteiger partial charge in [-0.05, 0) is 50.4 Å². The molecule has 0 radical (unpaired) electrons. The van der Waals surface area contributed by atoms with Crippen molar-refractivity contribution in [3.05, 3.63) is 60.2 Å². The Labute approximate surface area is 293 Å². The third-order valence-corrected chi connectivity index (χ3v) is 11.5. The van der Waals surface area contributed by atoms with Gasteiger partial charge in [-0.2, -0.15) is 9.97 Å². The molecule has 0 atom stereocenters. The number of rotatable bonds is 10. The normalized spacial score (nSPS) is 17.0. The van der Waals surface area contributed by atoms with Crippen LogP contribution in [0.5, 0.6) is 5.75 Å². The molecule has 8 rings (SSSR count). The number of nitrogens with one attached hydrogen (secondary N) is 5. The van der Waals surface area contributed by atoms with Crippen molar-refractivity contribution >= 4 is 75.9 Å². The van der Waals surface area contributed by atoms with E-state index in [1.165, 1.54) is 43.1 Å². The SMILES string of the molecule is CN/C=C(\C=N)c1cc(Nc2nc(Nc3ccc4nccnc4c3P(C)C)c3cc[nH]c3n2)c2c(c1N1CCN(C3CCCC3)CC1)CCO2. The smallest absolute Gasteiger partial charge is 0.231 e. The summed E-state index contributed by atoms with van der Waals surface area (Å²) in [5, 5.41) is 20.8. The topological polar surface area (TPSA) is 143 Å². The Morgan fingerprint density at radius 2 is 1.84 bits per heavy atom. The lowest BCUT2D eigenvalue weighted by molar-refractivity contribution is 0.187. The number of hydrogen-bond acceptors (Lipinski definition) is 11. The molecule has 0 bridgehead atoms. The van der Waals surface area contributed by atoms with Crippen molar-refractivity contribution in [3.63, 3.8) is 0 Å². The molecule has 12 nitrogen and oxygen atoms in total. The van der Waals surface area contributed by atoms with Gasteiger partial charge in [-0.3, -0.25) is 14.9 Å². The van der Waals surface area contributed by atoms with Crippen LogP contribution in [0.2, 0.25) is 0 Å². The first-order valence-electron chi connectivity index (χ1n) is 17.5. The number of H-pyrrole nitrogens is 1. The molecular formula is C37H44N11OP. The number of piperazine rings is 1. The summed E-state index contributed by atoms with van der Waals surface area (Å²) in [5.74, 6) is 1.96. The van der Waals surface area contributed by atoms with E-state index in [1.54, 1.807) is 12.4 Å². The van der Waals surface area contributed by atoms with Gasteiger partial charge in [-0.1, -0.05) is 20.8 Å². The minimum Gasteiger partial charge on any atom is -0.491 e. The van der Waals surface area contributed by atoms with Gasteiger partial charge in [0.15, 0.2) is 0 Å². The van der Waals surface area contributed by atoms with Crippen LogP contribution in [0.1, 0.15) is 36.8 Å². The average Bonchev–Trinajstić information content (AvgIpc) is 3.94. The van der Waals surface area contributed by atoms with Crippen molar-refractivity contribution in [2.45, 2.75) is 38.1 Å². The number of anilines is 5. The van der Waals surface area contributed by atoms with Gasteiger partial charge in [0.2, 0.25) is 5.95 Å². The van der Waals surface area contributed by atoms with Crippen LogP contribution in [0.15, 0.2) is 49.1 Å². The van der Waals surface area contributed by atoms with Crippen molar-refractivity contribution in [2.24, 2.45) is 0 Å². The highest BCUT2D eigenvalue weighted by molar-refractivity contribution is 7.65. The largest absolute Gasteiger partial charge is 0.491 e. The number of nitrogens with zero attached hydrogens (tertiary/aromatic N) is 6. The van der Waals surface area contributed by atoms with E-state index in [9.17, 15) is 0 Å². The molecule has 5 N–H and O–H groups in total. The number of benzene rings is 2. The highest BCUT2D eigenvalue weighted by Gasteiger charge is 2.32. The van der Waals surface area contributed by atoms with Gasteiger partial charge in [0.05, 0.1) is 34.4 Å². The first-order valence-corrected chi connectivity index (χ1v) is 19.8. The van der Waals surface area contributed by atoms with E-state index < -0.39 is 7.92 Å². The summed E-state index contributed by atoms with van der Waals surface area (Å²) in [6.07, 6.45) is 14.8. The third kappa shape index (κ3) is 6.00. The zero-order valence-electron chi connectivity index (χ0n) is 28.9. The number of ether oxygens (including phenoxy) is 1. The molecule has 13 heteroatoms. The van der Waals surface area contributed by atoms with Crippen LogP contribution in [0.3, 0.4) is 0 Å². The van der Waals surface area contributed by atoms with Crippen molar-refractivity contribution in [3.8, 4) is 5.75 Å². The number of aromatic amines is 1. The van der Waals surface area contributed by atoms with Crippen molar-refractivity contribution in [1.29, 1.82) is 5.41 Å². The molecule has 3 aliphatic rings. The molecule has 0 unspecified atom stereocenters. The van der Waals surface area contributed by atoms with Gasteiger partial charge in [0.25, 0.3) is 0 Å². The molecule has 0 amide bonds. The quantitative estimate of drug-likeness (QED) is 0.0880. The monoisotopic (exact) mass is 689 g/mol. The van der Waals surface area contributed by atoms with Gasteiger partial charge >= 0.3 is 0 Å². The Kier molecular flexibility index (Phi) is 8.97. The van der Waals surface area contributed by atoms with Crippen molar-refractivity contribution in [1.82, 2.24) is 35.1 Å². The summed E-state index contributed by atoms with van der Waals surface area (Å²) in [6.45, 7) is 9.07. The highest BCUT2D eigenvalue weighted by Crippen LogP contribution is 2.46. The molecule has 2 fully saturated rings. The van der Waals surface area contributed by atoms with Crippen molar-refractivity contribution < 1.29 is 4.74 Å². The lowest BCUT2D eigenvalue weighted by Gasteiger charge is -2.40. The predicted octanol–water partition coefficient (Wildman–Crippen LogP) is 5.96. The van der Waals surface area contributed by atoms with Gasteiger partial charge in [0, 0.05) is 104 Å². The molecule has 1 saturated carbocycles. The Bertz CT molecular complexity index is 2080. The van der Waals surface area contributed by atoms with E-state index in [4.69, 9.17) is 20.1 Å². The Hall–Kier alpha value is -4.80. The summed E-state index contributed by atoms with van der Waals surface area (Å²) in [5.41, 5.74) is 8.39. The average molecular weight is 690 g/mol. The lowest BCUT2D eigenvalue weighted by Crippen LogP contribution is -2.50. The number of allylic oxidation sites excluding steroid dienone is 1. The van der Waals surface area contributed by atoms with Crippen LogP contribution in [-0.2, 0) is 6.42 Å². The molecular weight excluding hydrogens is 645 g/mol. The Balaban J connectivity index is 1.17. The summed E-state index contributed by atoms with van der Waals surface area (Å²) >= 11 is 0. The predicted molar refractivity (Wildman–Crippen MR) is 206 cm³/mol. The zero-order chi connectivity index (χ0) is 34.2. The summed E-state index contributed by atoms with van der Waals surface area (Å²) < 4.78 is 6.36. The standard InChI is InChI=1S/C37H44N11OP/c1-39-22-23(21-38)27-20-30(33-25(11-19-49-33)32(27)48-17-15-47(16-18-48)24-6-4-5-7-24)44-37-45-35-26(10-12-42-35)36(46-37)43-29-9-8-28-31(34(29)50(2)3)41-14-13-40-28/h8-10,12-14,20-22,24,38-39H,4-7,11,15-19H2,1-3H3,(H3,42,43,44,45,46)/b23-22+,38-21?. The molecule has 5 heterocycles. The van der Waals surface area contributed by atoms with Crippen molar-refractivity contribution in [2.75, 3.05) is 68.7 Å². The van der Waals surface area contributed by atoms with E-state index in [-0.39, 0.29) is 0 Å². The van der Waals surface area contributed by atoms with Crippen LogP contribution < -0.4 is 30.9 Å². The fraction of sp³-hybridized carbons (Fsp3) is 0.378. The second-order valence-corrected chi connectivity index (χ2v) is 15.6. The minimum atomic E-state index is -0.508. The van der Waals surface area contributed by atoms with Crippen LogP contribution in [0, 0.1) is 5.41 Å². The zero-order valence-corrected chi connectivity index (χ0v) is 29.8. The van der Waals surface area contributed by atoms with Crippen LogP contribution in [0.25, 0.3) is 27.6 Å². The molecule has 1 aliphatic carbocycles. The summed E-state index contributed by atoms with van der Waals surface area (Å²) in [7, 11) is 1.37. The van der Waals surface area contributed by atoms with Crippen LogP contribution >= 0.6 is 7.92 Å². The van der Waals surface area contributed by atoms with Gasteiger partial charge in [-0.15, -0.1) is 0 Å². The van der Waals surface area contributed by atoms with E-state index in [1.807, 2.05) is 31.6 Å². The molecule has 1 saturated heterocycles. The van der Waals surface area contributed by atoms with Gasteiger partial charge in [-0.25, -0.2) is 0 Å². The maximum atomic E-state index is 8.39.